The number of rotatable bonds is 2. The molecule has 4 heteroatoms. The minimum atomic E-state index is -0.454. The van der Waals surface area contributed by atoms with Gasteiger partial charge in [-0.3, -0.25) is 9.59 Å². The van der Waals surface area contributed by atoms with Crippen molar-refractivity contribution in [2.24, 2.45) is 13.0 Å². The van der Waals surface area contributed by atoms with Crippen LogP contribution in [-0.2, 0) is 11.8 Å². The normalized spacial score (nSPS) is 19.3. The number of carbonyl (C=O) groups excluding carboxylic acids is 2. The fourth-order valence-electron chi connectivity index (χ4n) is 2.84. The number of halogens is 1. The zero-order valence-electron chi connectivity index (χ0n) is 10.6. The number of nitrogens with zero attached hydrogens (tertiary/aromatic N) is 1. The Bertz CT molecular complexity index is 687. The van der Waals surface area contributed by atoms with E-state index in [-0.39, 0.29) is 11.6 Å². The Morgan fingerprint density at radius 1 is 1.42 bits per heavy atom. The van der Waals surface area contributed by atoms with E-state index >= 15 is 0 Å². The van der Waals surface area contributed by atoms with Gasteiger partial charge < -0.3 is 4.57 Å². The van der Waals surface area contributed by atoms with E-state index in [9.17, 15) is 9.59 Å². The second-order valence-electron chi connectivity index (χ2n) is 5.09. The third-order valence-corrected chi connectivity index (χ3v) is 4.07. The van der Waals surface area contributed by atoms with E-state index in [4.69, 9.17) is 11.6 Å². The maximum absolute atomic E-state index is 12.5. The largest absolute Gasteiger partial charge is 0.350 e. The van der Waals surface area contributed by atoms with Gasteiger partial charge in [0.25, 0.3) is 0 Å². The minimum absolute atomic E-state index is 0.0598. The zero-order valence-corrected chi connectivity index (χ0v) is 11.4. The maximum Gasteiger partial charge on any atom is 0.175 e. The average molecular weight is 276 g/mol. The van der Waals surface area contributed by atoms with Crippen molar-refractivity contribution in [2.45, 2.75) is 19.3 Å². The molecule has 0 aliphatic heterocycles. The molecule has 98 valence electrons. The van der Waals surface area contributed by atoms with E-state index in [2.05, 4.69) is 0 Å². The lowest BCUT2D eigenvalue weighted by Gasteiger charge is -2.05. The monoisotopic (exact) mass is 275 g/mol. The summed E-state index contributed by atoms with van der Waals surface area (Å²) in [7, 11) is 1.89. The number of benzene rings is 1. The molecule has 0 saturated heterocycles. The molecule has 1 unspecified atom stereocenters. The molecule has 1 aromatic heterocycles. The molecule has 1 atom stereocenters. The molecule has 0 bridgehead atoms. The molecule has 3 nitrogen and oxygen atoms in total. The van der Waals surface area contributed by atoms with Crippen molar-refractivity contribution < 1.29 is 9.59 Å². The first-order valence-electron chi connectivity index (χ1n) is 6.39. The van der Waals surface area contributed by atoms with Crippen LogP contribution in [0.2, 0.25) is 5.02 Å². The van der Waals surface area contributed by atoms with Gasteiger partial charge in [0.15, 0.2) is 5.78 Å². The number of aryl methyl sites for hydroxylation is 1. The number of Topliss-reactive ketones (excluding diaryl/α,β-unsaturated/α-hetero) is 2. The molecule has 1 heterocycles. The predicted octanol–water partition coefficient (Wildman–Crippen LogP) is 3.38. The van der Waals surface area contributed by atoms with Gasteiger partial charge in [0.1, 0.15) is 5.78 Å². The molecule has 2 aromatic rings. The second kappa shape index (κ2) is 4.49. The number of aromatic nitrogens is 1. The maximum atomic E-state index is 12.5. The molecule has 1 fully saturated rings. The van der Waals surface area contributed by atoms with Gasteiger partial charge in [-0.2, -0.15) is 0 Å². The van der Waals surface area contributed by atoms with Crippen LogP contribution >= 0.6 is 11.6 Å². The zero-order chi connectivity index (χ0) is 13.6. The van der Waals surface area contributed by atoms with Crippen molar-refractivity contribution in [3.8, 4) is 0 Å². The second-order valence-corrected chi connectivity index (χ2v) is 5.53. The highest BCUT2D eigenvalue weighted by Gasteiger charge is 2.32. The third kappa shape index (κ3) is 1.98. The van der Waals surface area contributed by atoms with Gasteiger partial charge in [0.2, 0.25) is 0 Å². The van der Waals surface area contributed by atoms with Crippen LogP contribution in [0, 0.1) is 5.92 Å². The van der Waals surface area contributed by atoms with Crippen LogP contribution in [0.4, 0.5) is 0 Å². The van der Waals surface area contributed by atoms with Crippen molar-refractivity contribution in [3.63, 3.8) is 0 Å². The highest BCUT2D eigenvalue weighted by atomic mass is 35.5. The van der Waals surface area contributed by atoms with Gasteiger partial charge in [0.05, 0.1) is 5.92 Å². The minimum Gasteiger partial charge on any atom is -0.350 e. The lowest BCUT2D eigenvalue weighted by molar-refractivity contribution is -0.119. The van der Waals surface area contributed by atoms with Crippen LogP contribution in [0.15, 0.2) is 24.4 Å². The Morgan fingerprint density at radius 3 is 2.89 bits per heavy atom. The van der Waals surface area contributed by atoms with Crippen LogP contribution in [0.3, 0.4) is 0 Å². The van der Waals surface area contributed by atoms with E-state index in [0.717, 1.165) is 17.3 Å². The predicted molar refractivity (Wildman–Crippen MR) is 74.6 cm³/mol. The molecular weight excluding hydrogens is 262 g/mol. The number of carbonyl (C=O) groups is 2. The van der Waals surface area contributed by atoms with E-state index in [1.54, 1.807) is 18.3 Å². The Labute approximate surface area is 116 Å². The summed E-state index contributed by atoms with van der Waals surface area (Å²) in [6, 6.07) is 5.49. The highest BCUT2D eigenvalue weighted by molar-refractivity contribution is 6.31. The molecular formula is C15H14ClNO2. The molecule has 0 radical (unpaired) electrons. The van der Waals surface area contributed by atoms with Gasteiger partial charge >= 0.3 is 0 Å². The Balaban J connectivity index is 2.12. The first-order chi connectivity index (χ1) is 9.08. The van der Waals surface area contributed by atoms with E-state index in [1.807, 2.05) is 17.7 Å². The number of ketones is 2. The molecule has 0 amide bonds. The summed E-state index contributed by atoms with van der Waals surface area (Å²) in [5.41, 5.74) is 1.57. The standard InChI is InChI=1S/C15H14ClNO2/c1-17-8-12(11-7-9(16)5-6-13(11)17)15(19)10-3-2-4-14(10)18/h5-8,10H,2-4H2,1H3. The van der Waals surface area contributed by atoms with Crippen LogP contribution in [0.25, 0.3) is 10.9 Å². The topological polar surface area (TPSA) is 39.1 Å². The average Bonchev–Trinajstić information content (AvgIpc) is 2.93. The number of hydrogen-bond acceptors (Lipinski definition) is 2. The lowest BCUT2D eigenvalue weighted by Crippen LogP contribution is -2.18. The summed E-state index contributed by atoms with van der Waals surface area (Å²) < 4.78 is 1.90. The fraction of sp³-hybridized carbons (Fsp3) is 0.333. The van der Waals surface area contributed by atoms with Crippen molar-refractivity contribution in [1.29, 1.82) is 0 Å². The smallest absolute Gasteiger partial charge is 0.175 e. The van der Waals surface area contributed by atoms with Crippen LogP contribution in [-0.4, -0.2) is 16.1 Å². The molecule has 1 aliphatic rings. The Morgan fingerprint density at radius 2 is 2.21 bits per heavy atom. The first kappa shape index (κ1) is 12.4. The molecule has 1 aromatic carbocycles. The highest BCUT2D eigenvalue weighted by Crippen LogP contribution is 2.30. The summed E-state index contributed by atoms with van der Waals surface area (Å²) in [6.45, 7) is 0. The van der Waals surface area contributed by atoms with E-state index in [0.29, 0.717) is 23.4 Å². The van der Waals surface area contributed by atoms with Gasteiger partial charge in [-0.1, -0.05) is 11.6 Å². The Kier molecular flexibility index (Phi) is 2.94. The summed E-state index contributed by atoms with van der Waals surface area (Å²) in [4.78, 5) is 24.3. The van der Waals surface area contributed by atoms with Crippen molar-refractivity contribution in [1.82, 2.24) is 4.57 Å². The SMILES string of the molecule is Cn1cc(C(=O)C2CCCC2=O)c2cc(Cl)ccc21. The van der Waals surface area contributed by atoms with Crippen molar-refractivity contribution in [2.75, 3.05) is 0 Å². The van der Waals surface area contributed by atoms with Gasteiger partial charge in [-0.25, -0.2) is 0 Å². The molecule has 19 heavy (non-hydrogen) atoms. The summed E-state index contributed by atoms with van der Waals surface area (Å²) in [6.07, 6.45) is 3.83. The van der Waals surface area contributed by atoms with Crippen LogP contribution in [0.5, 0.6) is 0 Å². The third-order valence-electron chi connectivity index (χ3n) is 3.84. The Hall–Kier alpha value is -1.61. The van der Waals surface area contributed by atoms with Crippen LogP contribution in [0.1, 0.15) is 29.6 Å². The molecule has 3 rings (SSSR count). The molecule has 1 aliphatic carbocycles. The molecule has 0 N–H and O–H groups in total. The molecule has 1 saturated carbocycles. The fourth-order valence-corrected chi connectivity index (χ4v) is 3.01. The number of fused-ring (bicyclic) bond motifs is 1. The first-order valence-corrected chi connectivity index (χ1v) is 6.77. The van der Waals surface area contributed by atoms with Crippen molar-refractivity contribution in [3.05, 3.63) is 35.0 Å². The summed E-state index contributed by atoms with van der Waals surface area (Å²) in [5.74, 6) is -0.441. The van der Waals surface area contributed by atoms with Crippen molar-refractivity contribution >= 4 is 34.1 Å². The lowest BCUT2D eigenvalue weighted by atomic mass is 9.95. The van der Waals surface area contributed by atoms with E-state index < -0.39 is 5.92 Å². The van der Waals surface area contributed by atoms with Gasteiger partial charge in [-0.15, -0.1) is 0 Å². The summed E-state index contributed by atoms with van der Waals surface area (Å²) >= 11 is 6.01. The van der Waals surface area contributed by atoms with Gasteiger partial charge in [-0.05, 0) is 31.0 Å². The van der Waals surface area contributed by atoms with Crippen LogP contribution < -0.4 is 0 Å². The number of hydrogen-bond donors (Lipinski definition) is 0. The summed E-state index contributed by atoms with van der Waals surface area (Å²) in [5, 5.41) is 1.44. The quantitative estimate of drug-likeness (QED) is 0.622. The van der Waals surface area contributed by atoms with E-state index in [1.165, 1.54) is 0 Å². The van der Waals surface area contributed by atoms with Gasteiger partial charge in [0, 0.05) is 41.2 Å². The molecule has 0 spiro atoms.